The number of carboxylic acid groups (broad SMARTS) is 1. The number of aryl methyl sites for hydroxylation is 2. The number of pyridine rings is 1. The van der Waals surface area contributed by atoms with Crippen molar-refractivity contribution in [3.05, 3.63) is 41.7 Å². The van der Waals surface area contributed by atoms with Gasteiger partial charge in [-0.1, -0.05) is 25.1 Å². The van der Waals surface area contributed by atoms with Gasteiger partial charge in [-0.2, -0.15) is 0 Å². The minimum absolute atomic E-state index is 0.119. The SMILES string of the molecule is CCc1nc(C(=O)O)cc2c3ccccc3n(CC)c12. The van der Waals surface area contributed by atoms with Crippen molar-refractivity contribution >= 4 is 27.8 Å². The molecule has 0 aliphatic rings. The molecule has 0 fully saturated rings. The third kappa shape index (κ3) is 1.68. The Morgan fingerprint density at radius 1 is 1.25 bits per heavy atom. The summed E-state index contributed by atoms with van der Waals surface area (Å²) in [6, 6.07) is 9.78. The average Bonchev–Trinajstić information content (AvgIpc) is 2.80. The summed E-state index contributed by atoms with van der Waals surface area (Å²) in [5.74, 6) is -0.977. The highest BCUT2D eigenvalue weighted by molar-refractivity contribution is 6.10. The molecule has 0 atom stereocenters. The monoisotopic (exact) mass is 268 g/mol. The molecule has 3 rings (SSSR count). The van der Waals surface area contributed by atoms with Crippen LogP contribution >= 0.6 is 0 Å². The van der Waals surface area contributed by atoms with Crippen LogP contribution in [0.2, 0.25) is 0 Å². The highest BCUT2D eigenvalue weighted by Gasteiger charge is 2.16. The van der Waals surface area contributed by atoms with Crippen molar-refractivity contribution in [3.63, 3.8) is 0 Å². The van der Waals surface area contributed by atoms with Gasteiger partial charge in [0.1, 0.15) is 5.69 Å². The molecule has 0 saturated heterocycles. The van der Waals surface area contributed by atoms with Gasteiger partial charge in [0.05, 0.1) is 11.2 Å². The van der Waals surface area contributed by atoms with Gasteiger partial charge in [0.2, 0.25) is 0 Å². The lowest BCUT2D eigenvalue weighted by molar-refractivity contribution is 0.0690. The van der Waals surface area contributed by atoms with Crippen LogP contribution in [0.3, 0.4) is 0 Å². The molecule has 4 nitrogen and oxygen atoms in total. The third-order valence-corrected chi connectivity index (χ3v) is 3.69. The molecule has 0 radical (unpaired) electrons. The molecule has 0 aliphatic carbocycles. The first kappa shape index (κ1) is 12.7. The van der Waals surface area contributed by atoms with Crippen LogP contribution in [0.5, 0.6) is 0 Å². The number of aromatic carboxylic acids is 1. The van der Waals surface area contributed by atoms with Crippen molar-refractivity contribution in [3.8, 4) is 0 Å². The first-order valence-electron chi connectivity index (χ1n) is 6.81. The summed E-state index contributed by atoms with van der Waals surface area (Å²) >= 11 is 0. The maximum atomic E-state index is 11.3. The van der Waals surface area contributed by atoms with E-state index in [0.29, 0.717) is 6.42 Å². The second-order valence-electron chi connectivity index (χ2n) is 4.77. The zero-order chi connectivity index (χ0) is 14.3. The Balaban J connectivity index is 2.55. The van der Waals surface area contributed by atoms with Crippen molar-refractivity contribution in [1.29, 1.82) is 0 Å². The molecule has 2 aromatic heterocycles. The number of fused-ring (bicyclic) bond motifs is 3. The van der Waals surface area contributed by atoms with E-state index in [4.69, 9.17) is 0 Å². The Morgan fingerprint density at radius 3 is 2.65 bits per heavy atom. The predicted molar refractivity (Wildman–Crippen MR) is 79.3 cm³/mol. The van der Waals surface area contributed by atoms with Crippen LogP contribution in [-0.4, -0.2) is 20.6 Å². The molecule has 0 unspecified atom stereocenters. The van der Waals surface area contributed by atoms with Crippen LogP contribution in [0.25, 0.3) is 21.8 Å². The van der Waals surface area contributed by atoms with Gasteiger partial charge in [0.25, 0.3) is 0 Å². The Hall–Kier alpha value is -2.36. The molecule has 0 bridgehead atoms. The maximum Gasteiger partial charge on any atom is 0.354 e. The van der Waals surface area contributed by atoms with Crippen LogP contribution in [0.15, 0.2) is 30.3 Å². The number of benzene rings is 1. The van der Waals surface area contributed by atoms with Crippen LogP contribution in [0, 0.1) is 0 Å². The number of carboxylic acids is 1. The first-order valence-corrected chi connectivity index (χ1v) is 6.81. The van der Waals surface area contributed by atoms with E-state index in [9.17, 15) is 9.90 Å². The van der Waals surface area contributed by atoms with E-state index in [0.717, 1.165) is 34.0 Å². The number of carbonyl (C=O) groups is 1. The highest BCUT2D eigenvalue weighted by atomic mass is 16.4. The zero-order valence-electron chi connectivity index (χ0n) is 11.6. The first-order chi connectivity index (χ1) is 9.67. The van der Waals surface area contributed by atoms with Gasteiger partial charge in [0.15, 0.2) is 0 Å². The predicted octanol–water partition coefficient (Wildman–Crippen LogP) is 3.47. The van der Waals surface area contributed by atoms with Crippen molar-refractivity contribution < 1.29 is 9.90 Å². The van der Waals surface area contributed by atoms with E-state index in [1.54, 1.807) is 6.07 Å². The molecule has 0 saturated carbocycles. The normalized spacial score (nSPS) is 11.3. The molecule has 1 N–H and O–H groups in total. The fourth-order valence-electron chi connectivity index (χ4n) is 2.84. The van der Waals surface area contributed by atoms with Crippen LogP contribution in [-0.2, 0) is 13.0 Å². The smallest absolute Gasteiger partial charge is 0.354 e. The number of hydrogen-bond donors (Lipinski definition) is 1. The molecular formula is C16H16N2O2. The molecule has 4 heteroatoms. The summed E-state index contributed by atoms with van der Waals surface area (Å²) in [6.45, 7) is 4.94. The van der Waals surface area contributed by atoms with Crippen molar-refractivity contribution in [1.82, 2.24) is 9.55 Å². The van der Waals surface area contributed by atoms with Crippen LogP contribution in [0.1, 0.15) is 30.0 Å². The van der Waals surface area contributed by atoms with Gasteiger partial charge in [-0.25, -0.2) is 9.78 Å². The Kier molecular flexibility index (Phi) is 2.93. The summed E-state index contributed by atoms with van der Waals surface area (Å²) in [4.78, 5) is 15.6. The highest BCUT2D eigenvalue weighted by Crippen LogP contribution is 2.31. The molecule has 2 heterocycles. The number of para-hydroxylation sites is 1. The molecule has 3 aromatic rings. The van der Waals surface area contributed by atoms with Gasteiger partial charge in [-0.05, 0) is 25.5 Å². The molecule has 1 aromatic carbocycles. The van der Waals surface area contributed by atoms with E-state index in [1.807, 2.05) is 25.1 Å². The summed E-state index contributed by atoms with van der Waals surface area (Å²) < 4.78 is 2.21. The second kappa shape index (κ2) is 4.63. The van der Waals surface area contributed by atoms with E-state index in [1.165, 1.54) is 0 Å². The minimum atomic E-state index is -0.977. The number of aromatic nitrogens is 2. The second-order valence-corrected chi connectivity index (χ2v) is 4.77. The third-order valence-electron chi connectivity index (χ3n) is 3.69. The van der Waals surface area contributed by atoms with Crippen molar-refractivity contribution in [2.75, 3.05) is 0 Å². The Bertz CT molecular complexity index is 818. The minimum Gasteiger partial charge on any atom is -0.477 e. The average molecular weight is 268 g/mol. The summed E-state index contributed by atoms with van der Waals surface area (Å²) in [5, 5.41) is 11.3. The lowest BCUT2D eigenvalue weighted by Gasteiger charge is -2.07. The van der Waals surface area contributed by atoms with E-state index in [2.05, 4.69) is 22.5 Å². The summed E-state index contributed by atoms with van der Waals surface area (Å²) in [7, 11) is 0. The molecule has 0 spiro atoms. The van der Waals surface area contributed by atoms with Crippen LogP contribution in [0.4, 0.5) is 0 Å². The standard InChI is InChI=1S/C16H16N2O2/c1-3-12-15-11(9-13(17-12)16(19)20)10-7-5-6-8-14(10)18(15)4-2/h5-9H,3-4H2,1-2H3,(H,19,20). The van der Waals surface area contributed by atoms with Gasteiger partial charge < -0.3 is 9.67 Å². The van der Waals surface area contributed by atoms with Gasteiger partial charge in [-0.3, -0.25) is 0 Å². The van der Waals surface area contributed by atoms with E-state index in [-0.39, 0.29) is 5.69 Å². The van der Waals surface area contributed by atoms with E-state index < -0.39 is 5.97 Å². The lowest BCUT2D eigenvalue weighted by atomic mass is 10.1. The number of hydrogen-bond acceptors (Lipinski definition) is 2. The Labute approximate surface area is 116 Å². The topological polar surface area (TPSA) is 55.1 Å². The molecular weight excluding hydrogens is 252 g/mol. The fourth-order valence-corrected chi connectivity index (χ4v) is 2.84. The number of nitrogens with zero attached hydrogens (tertiary/aromatic N) is 2. The van der Waals surface area contributed by atoms with Crippen molar-refractivity contribution in [2.24, 2.45) is 0 Å². The van der Waals surface area contributed by atoms with Gasteiger partial charge in [-0.15, -0.1) is 0 Å². The Morgan fingerprint density at radius 2 is 2.00 bits per heavy atom. The lowest BCUT2D eigenvalue weighted by Crippen LogP contribution is -2.05. The molecule has 20 heavy (non-hydrogen) atoms. The van der Waals surface area contributed by atoms with Gasteiger partial charge in [0, 0.05) is 22.8 Å². The van der Waals surface area contributed by atoms with Gasteiger partial charge >= 0.3 is 5.97 Å². The quantitative estimate of drug-likeness (QED) is 0.791. The summed E-state index contributed by atoms with van der Waals surface area (Å²) in [6.07, 6.45) is 0.716. The van der Waals surface area contributed by atoms with Crippen molar-refractivity contribution in [2.45, 2.75) is 26.8 Å². The van der Waals surface area contributed by atoms with Crippen LogP contribution < -0.4 is 0 Å². The van der Waals surface area contributed by atoms with E-state index >= 15 is 0 Å². The fraction of sp³-hybridized carbons (Fsp3) is 0.250. The summed E-state index contributed by atoms with van der Waals surface area (Å²) in [5.41, 5.74) is 3.15. The largest absolute Gasteiger partial charge is 0.477 e. The molecule has 102 valence electrons. The molecule has 0 aliphatic heterocycles. The number of rotatable bonds is 3. The molecule has 0 amide bonds. The maximum absolute atomic E-state index is 11.3. The zero-order valence-corrected chi connectivity index (χ0v) is 11.6.